The summed E-state index contributed by atoms with van der Waals surface area (Å²) in [5, 5.41) is 14.0. The Balaban J connectivity index is 1.25. The summed E-state index contributed by atoms with van der Waals surface area (Å²) in [6, 6.07) is 15.3. The number of likely N-dealkylation sites (N-methyl/N-ethyl adjacent to an activating group) is 1. The van der Waals surface area contributed by atoms with E-state index in [1.165, 1.54) is 49.6 Å². The van der Waals surface area contributed by atoms with Gasteiger partial charge in [-0.1, -0.05) is 12.5 Å². The number of nitrogens with zero attached hydrogens (tertiary/aromatic N) is 3. The highest BCUT2D eigenvalue weighted by molar-refractivity contribution is 7.91. The Morgan fingerprint density at radius 3 is 2.60 bits per heavy atom. The predicted octanol–water partition coefficient (Wildman–Crippen LogP) is 5.30. The van der Waals surface area contributed by atoms with E-state index in [1.807, 2.05) is 18.2 Å². The van der Waals surface area contributed by atoms with Gasteiger partial charge in [-0.05, 0) is 93.4 Å². The summed E-state index contributed by atoms with van der Waals surface area (Å²) in [6.45, 7) is 5.48. The first-order chi connectivity index (χ1) is 21.8. The zero-order chi connectivity index (χ0) is 31.4. The average molecular weight is 635 g/mol. The third-order valence-corrected chi connectivity index (χ3v) is 10.4. The van der Waals surface area contributed by atoms with Gasteiger partial charge in [-0.3, -0.25) is 9.89 Å². The van der Waals surface area contributed by atoms with E-state index in [0.717, 1.165) is 56.5 Å². The van der Waals surface area contributed by atoms with Crippen LogP contribution in [-0.2, 0) is 14.6 Å². The molecule has 1 aromatic heterocycles. The number of nitrogens with one attached hydrogen (secondary N) is 3. The van der Waals surface area contributed by atoms with Crippen LogP contribution in [0.4, 0.5) is 21.6 Å². The number of ether oxygens (including phenoxy) is 1. The number of rotatable bonds is 10. The molecule has 4 aromatic rings. The topological polar surface area (TPSA) is 120 Å². The Kier molecular flexibility index (Phi) is 9.34. The van der Waals surface area contributed by atoms with Gasteiger partial charge in [0.1, 0.15) is 5.82 Å². The van der Waals surface area contributed by atoms with Crippen LogP contribution in [-0.4, -0.2) is 81.9 Å². The van der Waals surface area contributed by atoms with E-state index in [1.54, 1.807) is 6.07 Å². The maximum absolute atomic E-state index is 13.8. The van der Waals surface area contributed by atoms with E-state index in [0.29, 0.717) is 29.7 Å². The standard InChI is InChI=1S/C33H39FN6O4S/c1-39(16-17-40-14-3-2-4-15-40)25-8-10-28(31(21-25)35-24-12-18-44-19-13-24)33(41)36-32-29-22-27(9-11-30(29)37-38-32)45(42,43)26-7-5-6-23(34)20-26/h5-11,20-22,24,35H,2-4,12-19H2,1H3,(H2,36,37,38,41). The maximum atomic E-state index is 13.8. The lowest BCUT2D eigenvalue weighted by atomic mass is 10.1. The third-order valence-electron chi connectivity index (χ3n) is 8.65. The highest BCUT2D eigenvalue weighted by Gasteiger charge is 2.23. The van der Waals surface area contributed by atoms with Gasteiger partial charge in [-0.25, -0.2) is 12.8 Å². The van der Waals surface area contributed by atoms with Crippen LogP contribution in [0.3, 0.4) is 0 Å². The minimum Gasteiger partial charge on any atom is -0.381 e. The van der Waals surface area contributed by atoms with Crippen LogP contribution in [0.15, 0.2) is 70.5 Å². The van der Waals surface area contributed by atoms with Crippen molar-refractivity contribution in [3.8, 4) is 0 Å². The zero-order valence-corrected chi connectivity index (χ0v) is 26.2. The van der Waals surface area contributed by atoms with Gasteiger partial charge >= 0.3 is 0 Å². The van der Waals surface area contributed by atoms with Gasteiger partial charge in [0, 0.05) is 56.2 Å². The lowest BCUT2D eigenvalue weighted by molar-refractivity contribution is 0.0904. The van der Waals surface area contributed by atoms with Crippen LogP contribution in [0.1, 0.15) is 42.5 Å². The van der Waals surface area contributed by atoms with E-state index in [2.05, 4.69) is 37.7 Å². The van der Waals surface area contributed by atoms with Crippen LogP contribution in [0, 0.1) is 5.82 Å². The average Bonchev–Trinajstić information content (AvgIpc) is 3.46. The lowest BCUT2D eigenvalue weighted by Gasteiger charge is -2.30. The summed E-state index contributed by atoms with van der Waals surface area (Å²) in [5.74, 6) is -0.817. The fourth-order valence-corrected chi connectivity index (χ4v) is 7.27. The summed E-state index contributed by atoms with van der Waals surface area (Å²) in [7, 11) is -1.93. The molecule has 0 atom stereocenters. The molecule has 3 heterocycles. The highest BCUT2D eigenvalue weighted by atomic mass is 32.2. The molecule has 3 aromatic carbocycles. The fourth-order valence-electron chi connectivity index (χ4n) is 5.95. The van der Waals surface area contributed by atoms with Crippen molar-refractivity contribution in [2.24, 2.45) is 0 Å². The van der Waals surface area contributed by atoms with Gasteiger partial charge in [0.25, 0.3) is 5.91 Å². The number of H-pyrrole nitrogens is 1. The first kappa shape index (κ1) is 31.0. The summed E-state index contributed by atoms with van der Waals surface area (Å²) < 4.78 is 45.9. The molecule has 0 bridgehead atoms. The number of carbonyl (C=O) groups excluding carboxylic acids is 1. The van der Waals surface area contributed by atoms with Crippen LogP contribution in [0.5, 0.6) is 0 Å². The molecule has 0 saturated carbocycles. The normalized spacial score (nSPS) is 16.5. The van der Waals surface area contributed by atoms with Gasteiger partial charge in [-0.15, -0.1) is 0 Å². The molecular formula is C33H39FN6O4S. The molecule has 12 heteroatoms. The molecule has 0 radical (unpaired) electrons. The molecule has 238 valence electrons. The Morgan fingerprint density at radius 2 is 1.82 bits per heavy atom. The van der Waals surface area contributed by atoms with Gasteiger partial charge in [-0.2, -0.15) is 5.10 Å². The minimum atomic E-state index is -4.00. The second-order valence-electron chi connectivity index (χ2n) is 11.8. The quantitative estimate of drug-likeness (QED) is 0.215. The molecule has 2 aliphatic heterocycles. The molecular weight excluding hydrogens is 595 g/mol. The molecule has 45 heavy (non-hydrogen) atoms. The minimum absolute atomic E-state index is 0.0312. The molecule has 6 rings (SSSR count). The largest absolute Gasteiger partial charge is 0.381 e. The molecule has 0 spiro atoms. The Labute approximate surface area is 262 Å². The SMILES string of the molecule is CN(CCN1CCCCC1)c1ccc(C(=O)Nc2n[nH]c3ccc(S(=O)(=O)c4cccc(F)c4)cc23)c(NC2CCOCC2)c1. The molecule has 2 aliphatic rings. The summed E-state index contributed by atoms with van der Waals surface area (Å²) in [5.41, 5.74) is 2.73. The van der Waals surface area contributed by atoms with Crippen molar-refractivity contribution in [1.29, 1.82) is 0 Å². The van der Waals surface area contributed by atoms with E-state index < -0.39 is 15.7 Å². The number of aromatic nitrogens is 2. The molecule has 3 N–H and O–H groups in total. The van der Waals surface area contributed by atoms with E-state index in [9.17, 15) is 17.6 Å². The van der Waals surface area contributed by atoms with Crippen molar-refractivity contribution >= 4 is 43.8 Å². The van der Waals surface area contributed by atoms with Crippen LogP contribution in [0.2, 0.25) is 0 Å². The number of sulfone groups is 1. The van der Waals surface area contributed by atoms with Gasteiger partial charge in [0.2, 0.25) is 9.84 Å². The zero-order valence-electron chi connectivity index (χ0n) is 25.4. The third kappa shape index (κ3) is 7.13. The van der Waals surface area contributed by atoms with Crippen LogP contribution in [0.25, 0.3) is 10.9 Å². The van der Waals surface area contributed by atoms with Gasteiger partial charge in [0.05, 0.1) is 20.9 Å². The number of aromatic amines is 1. The summed E-state index contributed by atoms with van der Waals surface area (Å²) >= 11 is 0. The van der Waals surface area contributed by atoms with E-state index >= 15 is 0 Å². The molecule has 0 aliphatic carbocycles. The van der Waals surface area contributed by atoms with E-state index in [-0.39, 0.29) is 27.6 Å². The predicted molar refractivity (Wildman–Crippen MR) is 173 cm³/mol. The van der Waals surface area contributed by atoms with Crippen molar-refractivity contribution in [1.82, 2.24) is 15.1 Å². The molecule has 2 fully saturated rings. The monoisotopic (exact) mass is 634 g/mol. The van der Waals surface area contributed by atoms with Crippen molar-refractivity contribution in [3.63, 3.8) is 0 Å². The molecule has 2 saturated heterocycles. The van der Waals surface area contributed by atoms with Crippen molar-refractivity contribution < 1.29 is 22.3 Å². The molecule has 10 nitrogen and oxygen atoms in total. The first-order valence-corrected chi connectivity index (χ1v) is 17.0. The maximum Gasteiger partial charge on any atom is 0.258 e. The smallest absolute Gasteiger partial charge is 0.258 e. The fraction of sp³-hybridized carbons (Fsp3) is 0.394. The van der Waals surface area contributed by atoms with Crippen molar-refractivity contribution in [2.75, 3.05) is 62.0 Å². The number of carbonyl (C=O) groups is 1. The number of hydrogen-bond donors (Lipinski definition) is 3. The molecule has 1 amide bonds. The van der Waals surface area contributed by atoms with Crippen molar-refractivity contribution in [2.45, 2.75) is 47.9 Å². The highest BCUT2D eigenvalue weighted by Crippen LogP contribution is 2.30. The summed E-state index contributed by atoms with van der Waals surface area (Å²) in [4.78, 5) is 18.3. The first-order valence-electron chi connectivity index (χ1n) is 15.5. The van der Waals surface area contributed by atoms with E-state index in [4.69, 9.17) is 4.74 Å². The number of anilines is 3. The number of hydrogen-bond acceptors (Lipinski definition) is 8. The number of likely N-dealkylation sites (tertiary alicyclic amines) is 1. The second kappa shape index (κ2) is 13.6. The van der Waals surface area contributed by atoms with Gasteiger partial charge < -0.3 is 25.2 Å². The lowest BCUT2D eigenvalue weighted by Crippen LogP contribution is -2.36. The van der Waals surface area contributed by atoms with Crippen LogP contribution < -0.4 is 15.5 Å². The Hall–Kier alpha value is -4.00. The Morgan fingerprint density at radius 1 is 1.04 bits per heavy atom. The molecule has 0 unspecified atom stereocenters. The summed E-state index contributed by atoms with van der Waals surface area (Å²) in [6.07, 6.45) is 5.48. The van der Waals surface area contributed by atoms with Crippen LogP contribution >= 0.6 is 0 Å². The number of amides is 1. The number of halogens is 1. The van der Waals surface area contributed by atoms with Crippen molar-refractivity contribution in [3.05, 3.63) is 72.0 Å². The van der Waals surface area contributed by atoms with Gasteiger partial charge in [0.15, 0.2) is 5.82 Å². The Bertz CT molecular complexity index is 1770. The second-order valence-corrected chi connectivity index (χ2v) is 13.7. The number of fused-ring (bicyclic) bond motifs is 1. The number of benzene rings is 3. The number of piperidine rings is 1.